The van der Waals surface area contributed by atoms with Gasteiger partial charge in [-0.3, -0.25) is 10.1 Å². The smallest absolute Gasteiger partial charge is 0.328 e. The van der Waals surface area contributed by atoms with Crippen molar-refractivity contribution < 1.29 is 14.5 Å². The minimum absolute atomic E-state index is 0.0690. The molecule has 3 aromatic rings. The summed E-state index contributed by atoms with van der Waals surface area (Å²) in [4.78, 5) is 29.4. The molecular formula is C21H20N4O4. The molecule has 29 heavy (non-hydrogen) atoms. The monoisotopic (exact) mass is 392 g/mol. The van der Waals surface area contributed by atoms with Gasteiger partial charge in [0.15, 0.2) is 0 Å². The summed E-state index contributed by atoms with van der Waals surface area (Å²) >= 11 is 0. The van der Waals surface area contributed by atoms with Crippen LogP contribution in [0.25, 0.3) is 0 Å². The number of carbonyl (C=O) groups excluding carboxylic acids is 1. The molecule has 3 rings (SSSR count). The van der Waals surface area contributed by atoms with Gasteiger partial charge in [-0.15, -0.1) is 0 Å². The first-order valence-corrected chi connectivity index (χ1v) is 8.90. The molecule has 2 amide bonds. The number of benzene rings is 2. The van der Waals surface area contributed by atoms with Crippen LogP contribution in [0.3, 0.4) is 0 Å². The van der Waals surface area contributed by atoms with E-state index in [-0.39, 0.29) is 17.5 Å². The van der Waals surface area contributed by atoms with Crippen LogP contribution in [0, 0.1) is 10.1 Å². The molecule has 0 aliphatic rings. The second-order valence-electron chi connectivity index (χ2n) is 6.22. The van der Waals surface area contributed by atoms with E-state index in [1.807, 2.05) is 37.3 Å². The first kappa shape index (κ1) is 19.8. The molecule has 1 aromatic heterocycles. The van der Waals surface area contributed by atoms with Crippen molar-refractivity contribution in [3.05, 3.63) is 88.6 Å². The van der Waals surface area contributed by atoms with Crippen molar-refractivity contribution >= 4 is 23.2 Å². The molecule has 0 bridgehead atoms. The third-order valence-corrected chi connectivity index (χ3v) is 4.35. The number of nitrogens with one attached hydrogen (secondary N) is 1. The van der Waals surface area contributed by atoms with Crippen LogP contribution < -0.4 is 15.0 Å². The number of carbonyl (C=O) groups is 1. The van der Waals surface area contributed by atoms with Crippen molar-refractivity contribution in [1.29, 1.82) is 0 Å². The van der Waals surface area contributed by atoms with E-state index in [9.17, 15) is 14.9 Å². The van der Waals surface area contributed by atoms with Crippen LogP contribution in [-0.2, 0) is 0 Å². The fourth-order valence-electron chi connectivity index (χ4n) is 2.85. The van der Waals surface area contributed by atoms with Crippen LogP contribution in [0.1, 0.15) is 18.5 Å². The third kappa shape index (κ3) is 4.49. The Morgan fingerprint density at radius 1 is 1.10 bits per heavy atom. The molecule has 1 unspecified atom stereocenters. The number of anilines is 2. The minimum Gasteiger partial charge on any atom is -0.497 e. The molecule has 8 nitrogen and oxygen atoms in total. The lowest BCUT2D eigenvalue weighted by atomic mass is 10.1. The van der Waals surface area contributed by atoms with Gasteiger partial charge in [0.1, 0.15) is 5.75 Å². The number of aromatic nitrogens is 1. The predicted molar refractivity (Wildman–Crippen MR) is 109 cm³/mol. The van der Waals surface area contributed by atoms with E-state index >= 15 is 0 Å². The molecule has 1 atom stereocenters. The number of ether oxygens (including phenoxy) is 1. The Morgan fingerprint density at radius 2 is 1.79 bits per heavy atom. The maximum absolute atomic E-state index is 13.2. The number of pyridine rings is 1. The van der Waals surface area contributed by atoms with Crippen molar-refractivity contribution in [3.8, 4) is 5.75 Å². The topological polar surface area (TPSA) is 97.6 Å². The normalized spacial score (nSPS) is 11.4. The van der Waals surface area contributed by atoms with Crippen LogP contribution >= 0.6 is 0 Å². The van der Waals surface area contributed by atoms with E-state index in [0.29, 0.717) is 11.4 Å². The summed E-state index contributed by atoms with van der Waals surface area (Å²) < 4.78 is 5.16. The number of hydrogen-bond donors (Lipinski definition) is 1. The number of amides is 2. The highest BCUT2D eigenvalue weighted by Gasteiger charge is 2.28. The van der Waals surface area contributed by atoms with E-state index in [1.165, 1.54) is 30.3 Å². The van der Waals surface area contributed by atoms with Crippen LogP contribution in [0.4, 0.5) is 22.0 Å². The second-order valence-corrected chi connectivity index (χ2v) is 6.22. The molecule has 1 heterocycles. The van der Waals surface area contributed by atoms with Crippen molar-refractivity contribution in [2.24, 2.45) is 0 Å². The van der Waals surface area contributed by atoms with Gasteiger partial charge in [-0.1, -0.05) is 30.3 Å². The van der Waals surface area contributed by atoms with E-state index in [4.69, 9.17) is 4.74 Å². The highest BCUT2D eigenvalue weighted by molar-refractivity contribution is 6.00. The molecule has 0 aliphatic heterocycles. The largest absolute Gasteiger partial charge is 0.497 e. The molecule has 148 valence electrons. The maximum atomic E-state index is 13.2. The zero-order chi connectivity index (χ0) is 20.8. The molecular weight excluding hydrogens is 372 g/mol. The zero-order valence-electron chi connectivity index (χ0n) is 16.0. The molecule has 0 saturated carbocycles. The Labute approximate surface area is 167 Å². The average Bonchev–Trinajstić information content (AvgIpc) is 2.75. The van der Waals surface area contributed by atoms with E-state index in [0.717, 1.165) is 5.56 Å². The Kier molecular flexibility index (Phi) is 6.03. The number of methoxy groups -OCH3 is 1. The molecule has 0 spiro atoms. The Balaban J connectivity index is 2.00. The predicted octanol–water partition coefficient (Wildman–Crippen LogP) is 4.61. The summed E-state index contributed by atoms with van der Waals surface area (Å²) in [7, 11) is 1.53. The summed E-state index contributed by atoms with van der Waals surface area (Å²) in [5, 5.41) is 14.4. The zero-order valence-corrected chi connectivity index (χ0v) is 16.0. The first-order valence-electron chi connectivity index (χ1n) is 8.90. The highest BCUT2D eigenvalue weighted by Crippen LogP contribution is 2.32. The van der Waals surface area contributed by atoms with Gasteiger partial charge < -0.3 is 10.1 Å². The summed E-state index contributed by atoms with van der Waals surface area (Å²) in [6.45, 7) is 1.84. The standard InChI is InChI=1S/C21H20N4O4/c1-15(16-7-4-3-5-8-16)23-21(26)24(17-10-12-18(29-2)13-11-17)20-19(25(27)28)9-6-14-22-20/h3-15H,1-2H3,(H,23,26). The molecule has 8 heteroatoms. The summed E-state index contributed by atoms with van der Waals surface area (Å²) in [5.41, 5.74) is 1.06. The number of nitro groups is 1. The van der Waals surface area contributed by atoms with Crippen molar-refractivity contribution in [2.45, 2.75) is 13.0 Å². The van der Waals surface area contributed by atoms with E-state index in [1.54, 1.807) is 24.3 Å². The fourth-order valence-corrected chi connectivity index (χ4v) is 2.85. The molecule has 2 aromatic carbocycles. The summed E-state index contributed by atoms with van der Waals surface area (Å²) in [6, 6.07) is 18.0. The van der Waals surface area contributed by atoms with Gasteiger partial charge in [-0.2, -0.15) is 0 Å². The van der Waals surface area contributed by atoms with Crippen LogP contribution in [0.15, 0.2) is 72.9 Å². The molecule has 0 saturated heterocycles. The molecule has 1 N–H and O–H groups in total. The SMILES string of the molecule is COc1ccc(N(C(=O)NC(C)c2ccccc2)c2ncccc2[N+](=O)[O-])cc1. The Bertz CT molecular complexity index is 993. The highest BCUT2D eigenvalue weighted by atomic mass is 16.6. The quantitative estimate of drug-likeness (QED) is 0.488. The average molecular weight is 392 g/mol. The molecule has 0 aliphatic carbocycles. The summed E-state index contributed by atoms with van der Waals surface area (Å²) in [5.74, 6) is 0.530. The maximum Gasteiger partial charge on any atom is 0.328 e. The van der Waals surface area contributed by atoms with Gasteiger partial charge in [-0.05, 0) is 42.8 Å². The Hall–Kier alpha value is -3.94. The van der Waals surface area contributed by atoms with Gasteiger partial charge in [0, 0.05) is 12.3 Å². The van der Waals surface area contributed by atoms with E-state index in [2.05, 4.69) is 10.3 Å². The first-order chi connectivity index (χ1) is 14.0. The lowest BCUT2D eigenvalue weighted by Crippen LogP contribution is -2.39. The van der Waals surface area contributed by atoms with Gasteiger partial charge in [0.05, 0.1) is 23.8 Å². The van der Waals surface area contributed by atoms with Crippen LogP contribution in [-0.4, -0.2) is 23.0 Å². The molecule has 0 fully saturated rings. The lowest BCUT2D eigenvalue weighted by Gasteiger charge is -2.24. The van der Waals surface area contributed by atoms with Crippen LogP contribution in [0.2, 0.25) is 0 Å². The number of hydrogen-bond acceptors (Lipinski definition) is 5. The van der Waals surface area contributed by atoms with Gasteiger partial charge >= 0.3 is 11.7 Å². The Morgan fingerprint density at radius 3 is 2.41 bits per heavy atom. The lowest BCUT2D eigenvalue weighted by molar-refractivity contribution is -0.384. The van der Waals surface area contributed by atoms with Gasteiger partial charge in [0.2, 0.25) is 5.82 Å². The summed E-state index contributed by atoms with van der Waals surface area (Å²) in [6.07, 6.45) is 1.41. The van der Waals surface area contributed by atoms with Crippen LogP contribution in [0.5, 0.6) is 5.75 Å². The number of rotatable bonds is 6. The van der Waals surface area contributed by atoms with Crippen molar-refractivity contribution in [1.82, 2.24) is 10.3 Å². The molecule has 0 radical (unpaired) electrons. The number of urea groups is 1. The second kappa shape index (κ2) is 8.83. The van der Waals surface area contributed by atoms with Crippen molar-refractivity contribution in [2.75, 3.05) is 12.0 Å². The van der Waals surface area contributed by atoms with Gasteiger partial charge in [0.25, 0.3) is 0 Å². The number of nitrogens with zero attached hydrogens (tertiary/aromatic N) is 3. The van der Waals surface area contributed by atoms with E-state index < -0.39 is 11.0 Å². The third-order valence-electron chi connectivity index (χ3n) is 4.35. The van der Waals surface area contributed by atoms with Crippen molar-refractivity contribution in [3.63, 3.8) is 0 Å². The van der Waals surface area contributed by atoms with Gasteiger partial charge in [-0.25, -0.2) is 14.7 Å². The minimum atomic E-state index is -0.563. The fraction of sp³-hybridized carbons (Fsp3) is 0.143.